The number of para-hydroxylation sites is 1. The van der Waals surface area contributed by atoms with Crippen LogP contribution in [0.2, 0.25) is 0 Å². The summed E-state index contributed by atoms with van der Waals surface area (Å²) in [7, 11) is 0. The van der Waals surface area contributed by atoms with Crippen molar-refractivity contribution in [2.75, 3.05) is 5.32 Å². The van der Waals surface area contributed by atoms with Gasteiger partial charge in [0, 0.05) is 5.69 Å². The fourth-order valence-electron chi connectivity index (χ4n) is 3.15. The van der Waals surface area contributed by atoms with E-state index in [-0.39, 0.29) is 17.5 Å². The van der Waals surface area contributed by atoms with Crippen molar-refractivity contribution in [3.05, 3.63) is 72.3 Å². The summed E-state index contributed by atoms with van der Waals surface area (Å²) in [6.45, 7) is 3.86. The van der Waals surface area contributed by atoms with Gasteiger partial charge in [-0.2, -0.15) is 0 Å². The number of amides is 1. The second-order valence-electron chi connectivity index (χ2n) is 7.04. The molecule has 6 nitrogen and oxygen atoms in total. The lowest BCUT2D eigenvalue weighted by atomic mass is 10.1. The number of phenols is 1. The molecular formula is C24H22N2O4. The second kappa shape index (κ2) is 8.29. The molecule has 1 heterocycles. The number of aryl methyl sites for hydroxylation is 1. The van der Waals surface area contributed by atoms with E-state index in [4.69, 9.17) is 9.15 Å². The van der Waals surface area contributed by atoms with Crippen molar-refractivity contribution in [2.24, 2.45) is 0 Å². The van der Waals surface area contributed by atoms with Gasteiger partial charge in [-0.3, -0.25) is 4.79 Å². The average molecular weight is 402 g/mol. The Labute approximate surface area is 174 Å². The highest BCUT2D eigenvalue weighted by atomic mass is 16.5. The third-order valence-corrected chi connectivity index (χ3v) is 4.72. The van der Waals surface area contributed by atoms with Gasteiger partial charge in [0.15, 0.2) is 11.7 Å². The van der Waals surface area contributed by atoms with E-state index in [9.17, 15) is 9.90 Å². The summed E-state index contributed by atoms with van der Waals surface area (Å²) in [5.41, 5.74) is 3.32. The van der Waals surface area contributed by atoms with Gasteiger partial charge in [0.2, 0.25) is 5.89 Å². The first kappa shape index (κ1) is 19.5. The van der Waals surface area contributed by atoms with Crippen molar-refractivity contribution in [1.82, 2.24) is 4.98 Å². The molecule has 1 unspecified atom stereocenters. The number of oxazole rings is 1. The van der Waals surface area contributed by atoms with Crippen molar-refractivity contribution in [2.45, 2.75) is 26.4 Å². The zero-order chi connectivity index (χ0) is 21.1. The van der Waals surface area contributed by atoms with Crippen molar-refractivity contribution in [1.29, 1.82) is 0 Å². The molecule has 6 heteroatoms. The monoisotopic (exact) mass is 402 g/mol. The summed E-state index contributed by atoms with van der Waals surface area (Å²) in [6.07, 6.45) is -0.132. The number of nitrogens with zero attached hydrogens (tertiary/aromatic N) is 1. The number of rotatable bonds is 6. The molecule has 0 aliphatic heterocycles. The first-order chi connectivity index (χ1) is 14.5. The minimum absolute atomic E-state index is 0.0175. The lowest BCUT2D eigenvalue weighted by Crippen LogP contribution is -2.32. The predicted molar refractivity (Wildman–Crippen MR) is 116 cm³/mol. The molecule has 0 fully saturated rings. The van der Waals surface area contributed by atoms with E-state index in [0.717, 1.165) is 5.56 Å². The molecule has 2 N–H and O–H groups in total. The van der Waals surface area contributed by atoms with Gasteiger partial charge in [-0.15, -0.1) is 0 Å². The number of carbonyl (C=O) groups excluding carboxylic acids is 1. The normalized spacial score (nSPS) is 11.9. The lowest BCUT2D eigenvalue weighted by Gasteiger charge is -2.17. The van der Waals surface area contributed by atoms with E-state index >= 15 is 0 Å². The van der Waals surface area contributed by atoms with Crippen LogP contribution in [-0.2, 0) is 4.79 Å². The standard InChI is InChI=1S/C24H22N2O4/c1-3-21(29-17-7-5-4-6-8-17)23(28)25-16-10-11-20(27)18(14-16)24-26-19-13-15(2)9-12-22(19)30-24/h4-14,21,27H,3H2,1-2H3,(H,25,28). The van der Waals surface area contributed by atoms with Gasteiger partial charge in [0.05, 0.1) is 5.56 Å². The molecule has 4 aromatic rings. The van der Waals surface area contributed by atoms with Gasteiger partial charge in [-0.05, 0) is 61.4 Å². The number of carbonyl (C=O) groups is 1. The molecule has 1 aromatic heterocycles. The SMILES string of the molecule is CCC(Oc1ccccc1)C(=O)Nc1ccc(O)c(-c2nc3cc(C)ccc3o2)c1. The Morgan fingerprint density at radius 3 is 2.70 bits per heavy atom. The lowest BCUT2D eigenvalue weighted by molar-refractivity contribution is -0.122. The number of aromatic nitrogens is 1. The van der Waals surface area contributed by atoms with Crippen LogP contribution in [0.25, 0.3) is 22.6 Å². The van der Waals surface area contributed by atoms with Crippen LogP contribution in [0, 0.1) is 6.92 Å². The van der Waals surface area contributed by atoms with Crippen molar-refractivity contribution in [3.8, 4) is 23.0 Å². The molecule has 1 atom stereocenters. The number of aromatic hydroxyl groups is 1. The maximum Gasteiger partial charge on any atom is 0.265 e. The average Bonchev–Trinajstić information content (AvgIpc) is 3.17. The molecule has 152 valence electrons. The number of anilines is 1. The van der Waals surface area contributed by atoms with Crippen LogP contribution in [0.3, 0.4) is 0 Å². The summed E-state index contributed by atoms with van der Waals surface area (Å²) >= 11 is 0. The number of hydrogen-bond donors (Lipinski definition) is 2. The zero-order valence-electron chi connectivity index (χ0n) is 16.8. The number of fused-ring (bicyclic) bond motifs is 1. The van der Waals surface area contributed by atoms with Crippen LogP contribution in [-0.4, -0.2) is 22.1 Å². The summed E-state index contributed by atoms with van der Waals surface area (Å²) < 4.78 is 11.6. The Morgan fingerprint density at radius 2 is 1.93 bits per heavy atom. The van der Waals surface area contributed by atoms with Crippen LogP contribution < -0.4 is 10.1 Å². The van der Waals surface area contributed by atoms with E-state index < -0.39 is 6.10 Å². The second-order valence-corrected chi connectivity index (χ2v) is 7.04. The van der Waals surface area contributed by atoms with Gasteiger partial charge in [-0.1, -0.05) is 31.2 Å². The minimum Gasteiger partial charge on any atom is -0.507 e. The molecule has 0 aliphatic rings. The van der Waals surface area contributed by atoms with Crippen molar-refractivity contribution in [3.63, 3.8) is 0 Å². The van der Waals surface area contributed by atoms with Crippen LogP contribution >= 0.6 is 0 Å². The fraction of sp³-hybridized carbons (Fsp3) is 0.167. The third-order valence-electron chi connectivity index (χ3n) is 4.72. The Hall–Kier alpha value is -3.80. The van der Waals surface area contributed by atoms with Crippen LogP contribution in [0.1, 0.15) is 18.9 Å². The number of nitrogens with one attached hydrogen (secondary N) is 1. The van der Waals surface area contributed by atoms with Gasteiger partial charge >= 0.3 is 0 Å². The van der Waals surface area contributed by atoms with Gasteiger partial charge in [0.1, 0.15) is 17.0 Å². The highest BCUT2D eigenvalue weighted by Gasteiger charge is 2.20. The van der Waals surface area contributed by atoms with Crippen molar-refractivity contribution < 1.29 is 19.1 Å². The maximum absolute atomic E-state index is 12.7. The Kier molecular flexibility index (Phi) is 5.39. The molecule has 0 saturated carbocycles. The van der Waals surface area contributed by atoms with Crippen molar-refractivity contribution >= 4 is 22.7 Å². The number of hydrogen-bond acceptors (Lipinski definition) is 5. The molecule has 4 rings (SSSR count). The quantitative estimate of drug-likeness (QED) is 0.427. The van der Waals surface area contributed by atoms with Gasteiger partial charge < -0.3 is 19.6 Å². The summed E-state index contributed by atoms with van der Waals surface area (Å²) in [5.74, 6) is 0.666. The Balaban J connectivity index is 1.57. The number of benzene rings is 3. The van der Waals surface area contributed by atoms with E-state index in [1.54, 1.807) is 12.1 Å². The largest absolute Gasteiger partial charge is 0.507 e. The molecular weight excluding hydrogens is 380 g/mol. The topological polar surface area (TPSA) is 84.6 Å². The molecule has 3 aromatic carbocycles. The Morgan fingerprint density at radius 1 is 1.13 bits per heavy atom. The van der Waals surface area contributed by atoms with Gasteiger partial charge in [0.25, 0.3) is 5.91 Å². The molecule has 0 spiro atoms. The van der Waals surface area contributed by atoms with Crippen LogP contribution in [0.4, 0.5) is 5.69 Å². The number of phenolic OH excluding ortho intramolecular Hbond substituents is 1. The van der Waals surface area contributed by atoms with Crippen LogP contribution in [0.15, 0.2) is 71.1 Å². The highest BCUT2D eigenvalue weighted by molar-refractivity contribution is 5.95. The molecule has 0 saturated heterocycles. The fourth-order valence-corrected chi connectivity index (χ4v) is 3.15. The molecule has 1 amide bonds. The van der Waals surface area contributed by atoms with E-state index in [2.05, 4.69) is 10.3 Å². The molecule has 0 aliphatic carbocycles. The first-order valence-electron chi connectivity index (χ1n) is 9.76. The third kappa shape index (κ3) is 4.12. The Bertz CT molecular complexity index is 1180. The van der Waals surface area contributed by atoms with E-state index in [1.807, 2.05) is 62.4 Å². The molecule has 0 bridgehead atoms. The summed E-state index contributed by atoms with van der Waals surface area (Å²) in [5, 5.41) is 13.2. The summed E-state index contributed by atoms with van der Waals surface area (Å²) in [4.78, 5) is 17.2. The maximum atomic E-state index is 12.7. The zero-order valence-corrected chi connectivity index (χ0v) is 16.8. The number of ether oxygens (including phenoxy) is 1. The highest BCUT2D eigenvalue weighted by Crippen LogP contribution is 2.33. The molecule has 0 radical (unpaired) electrons. The minimum atomic E-state index is -0.642. The first-order valence-corrected chi connectivity index (χ1v) is 9.76. The van der Waals surface area contributed by atoms with E-state index in [0.29, 0.717) is 34.5 Å². The van der Waals surface area contributed by atoms with E-state index in [1.165, 1.54) is 6.07 Å². The van der Waals surface area contributed by atoms with Gasteiger partial charge in [-0.25, -0.2) is 4.98 Å². The smallest absolute Gasteiger partial charge is 0.265 e. The van der Waals surface area contributed by atoms with Crippen LogP contribution in [0.5, 0.6) is 11.5 Å². The predicted octanol–water partition coefficient (Wildman–Crippen LogP) is 5.30. The summed E-state index contributed by atoms with van der Waals surface area (Å²) in [6, 6.07) is 19.7. The molecule has 30 heavy (non-hydrogen) atoms.